The molecule has 0 saturated carbocycles. The summed E-state index contributed by atoms with van der Waals surface area (Å²) in [5, 5.41) is 14.9. The van der Waals surface area contributed by atoms with Gasteiger partial charge in [0.05, 0.1) is 16.6 Å². The molecule has 3 aliphatic heterocycles. The minimum Gasteiger partial charge on any atom is -0.396 e. The Balaban J connectivity index is 1.92. The molecular weight excluding hydrogens is 470 g/mol. The predicted octanol–water partition coefficient (Wildman–Crippen LogP) is 1.66. The van der Waals surface area contributed by atoms with Gasteiger partial charge in [-0.15, -0.1) is 11.8 Å². The van der Waals surface area contributed by atoms with Gasteiger partial charge in [-0.2, -0.15) is 0 Å². The second-order valence-electron chi connectivity index (χ2n) is 8.79. The lowest BCUT2D eigenvalue weighted by Gasteiger charge is -2.35. The van der Waals surface area contributed by atoms with Gasteiger partial charge in [-0.3, -0.25) is 14.4 Å². The van der Waals surface area contributed by atoms with Crippen molar-refractivity contribution in [2.45, 2.75) is 79.3 Å². The van der Waals surface area contributed by atoms with Crippen LogP contribution in [0, 0.1) is 11.8 Å². The molecule has 0 aromatic rings. The predicted molar refractivity (Wildman–Crippen MR) is 121 cm³/mol. The van der Waals surface area contributed by atoms with Crippen LogP contribution in [0.1, 0.15) is 52.4 Å². The van der Waals surface area contributed by atoms with Gasteiger partial charge in [-0.1, -0.05) is 29.3 Å². The number of likely N-dealkylation sites (tertiary alicyclic amines) is 1. The fourth-order valence-corrected chi connectivity index (χ4v) is 9.15. The third kappa shape index (κ3) is 4.01. The summed E-state index contributed by atoms with van der Waals surface area (Å²) in [5.74, 6) is -1.16. The number of fused-ring (bicyclic) bond motifs is 1. The largest absolute Gasteiger partial charge is 0.396 e. The molecule has 3 rings (SSSR count). The molecule has 0 aliphatic carbocycles. The lowest BCUT2D eigenvalue weighted by atomic mass is 9.70. The molecule has 3 N–H and O–H groups in total. The number of hydrogen-bond donors (Lipinski definition) is 3. The molecule has 7 nitrogen and oxygen atoms in total. The van der Waals surface area contributed by atoms with Crippen molar-refractivity contribution in [1.82, 2.24) is 15.5 Å². The molecule has 3 aliphatic rings. The van der Waals surface area contributed by atoms with E-state index in [1.54, 1.807) is 23.7 Å². The molecular formula is C21H34BrN3O4S. The van der Waals surface area contributed by atoms with Crippen molar-refractivity contribution in [3.63, 3.8) is 0 Å². The number of nitrogens with one attached hydrogen (secondary N) is 2. The first-order valence-corrected chi connectivity index (χ1v) is 12.9. The first-order chi connectivity index (χ1) is 14.3. The summed E-state index contributed by atoms with van der Waals surface area (Å²) >= 11 is 5.41. The Kier molecular flexibility index (Phi) is 7.77. The van der Waals surface area contributed by atoms with E-state index in [2.05, 4.69) is 33.5 Å². The van der Waals surface area contributed by atoms with E-state index in [9.17, 15) is 14.4 Å². The number of carbonyl (C=O) groups is 3. The third-order valence-corrected chi connectivity index (χ3v) is 9.97. The summed E-state index contributed by atoms with van der Waals surface area (Å²) < 4.78 is -0.569. The van der Waals surface area contributed by atoms with Gasteiger partial charge in [-0.25, -0.2) is 0 Å². The van der Waals surface area contributed by atoms with Crippen LogP contribution >= 0.6 is 27.7 Å². The number of aliphatic hydroxyl groups is 1. The standard InChI is InChI=1S/C21H34BrN3O4S/c1-4-8-12(2)24-19(28)17-21-11-13(22)16(30-21)14(18(27)23-3)15(21)20(29)25(17)9-6-5-7-10-26/h12-17,26H,4-11H2,1-3H3,(H,23,27)(H,24,28)/t12?,13?,14-,15-,16-,17?,21?/m0/s1. The summed E-state index contributed by atoms with van der Waals surface area (Å²) in [4.78, 5) is 41.6. The van der Waals surface area contributed by atoms with Crippen molar-refractivity contribution >= 4 is 45.4 Å². The van der Waals surface area contributed by atoms with Gasteiger partial charge in [0.15, 0.2) is 0 Å². The molecule has 170 valence electrons. The molecule has 7 atom stereocenters. The zero-order valence-corrected chi connectivity index (χ0v) is 20.4. The minimum absolute atomic E-state index is 0.00111. The van der Waals surface area contributed by atoms with Crippen molar-refractivity contribution < 1.29 is 19.5 Å². The van der Waals surface area contributed by atoms with Crippen molar-refractivity contribution in [3.8, 4) is 0 Å². The summed E-state index contributed by atoms with van der Waals surface area (Å²) in [6.45, 7) is 4.69. The zero-order chi connectivity index (χ0) is 22.1. The van der Waals surface area contributed by atoms with Gasteiger partial charge in [0.25, 0.3) is 0 Å². The normalized spacial score (nSPS) is 35.4. The Morgan fingerprint density at radius 2 is 2.07 bits per heavy atom. The molecule has 2 bridgehead atoms. The summed E-state index contributed by atoms with van der Waals surface area (Å²) in [6, 6.07) is -0.518. The molecule has 0 radical (unpaired) electrons. The highest BCUT2D eigenvalue weighted by molar-refractivity contribution is 9.09. The Bertz CT molecular complexity index is 681. The van der Waals surface area contributed by atoms with Crippen LogP contribution in [0.5, 0.6) is 0 Å². The number of unbranched alkanes of at least 4 members (excludes halogenated alkanes) is 2. The van der Waals surface area contributed by atoms with E-state index in [-0.39, 0.29) is 40.4 Å². The molecule has 0 aromatic carbocycles. The van der Waals surface area contributed by atoms with Gasteiger partial charge < -0.3 is 20.6 Å². The minimum atomic E-state index is -0.569. The molecule has 1 spiro atoms. The average Bonchev–Trinajstić information content (AvgIpc) is 3.28. The number of halogens is 1. The fourth-order valence-electron chi connectivity index (χ4n) is 5.53. The maximum Gasteiger partial charge on any atom is 0.244 e. The number of hydrogen-bond acceptors (Lipinski definition) is 5. The second-order valence-corrected chi connectivity index (χ2v) is 11.5. The molecule has 3 heterocycles. The topological polar surface area (TPSA) is 98.7 Å². The molecule has 3 fully saturated rings. The Morgan fingerprint density at radius 1 is 1.33 bits per heavy atom. The van der Waals surface area contributed by atoms with E-state index in [1.807, 2.05) is 6.92 Å². The quantitative estimate of drug-likeness (QED) is 0.311. The van der Waals surface area contributed by atoms with Crippen LogP contribution in [0.4, 0.5) is 0 Å². The Labute approximate surface area is 191 Å². The maximum atomic E-state index is 13.6. The molecule has 30 heavy (non-hydrogen) atoms. The number of alkyl halides is 1. The number of carbonyl (C=O) groups excluding carboxylic acids is 3. The van der Waals surface area contributed by atoms with Crippen LogP contribution in [0.15, 0.2) is 0 Å². The average molecular weight is 504 g/mol. The second kappa shape index (κ2) is 9.77. The Morgan fingerprint density at radius 3 is 2.70 bits per heavy atom. The van der Waals surface area contributed by atoms with E-state index in [4.69, 9.17) is 5.11 Å². The van der Waals surface area contributed by atoms with Crippen LogP contribution in [-0.4, -0.2) is 74.8 Å². The molecule has 4 unspecified atom stereocenters. The third-order valence-electron chi connectivity index (χ3n) is 6.75. The molecule has 9 heteroatoms. The van der Waals surface area contributed by atoms with Crippen LogP contribution in [0.2, 0.25) is 0 Å². The number of rotatable bonds is 10. The molecule has 3 amide bonds. The van der Waals surface area contributed by atoms with Crippen molar-refractivity contribution in [3.05, 3.63) is 0 Å². The smallest absolute Gasteiger partial charge is 0.244 e. The van der Waals surface area contributed by atoms with Gasteiger partial charge >= 0.3 is 0 Å². The highest BCUT2D eigenvalue weighted by atomic mass is 79.9. The van der Waals surface area contributed by atoms with E-state index in [0.29, 0.717) is 19.4 Å². The van der Waals surface area contributed by atoms with Crippen molar-refractivity contribution in [2.24, 2.45) is 11.8 Å². The summed E-state index contributed by atoms with van der Waals surface area (Å²) in [6.07, 6.45) is 4.79. The number of nitrogens with zero attached hydrogens (tertiary/aromatic N) is 1. The Hall–Kier alpha value is -0.800. The van der Waals surface area contributed by atoms with E-state index in [1.165, 1.54) is 0 Å². The van der Waals surface area contributed by atoms with Gasteiger partial charge in [0.1, 0.15) is 6.04 Å². The van der Waals surface area contributed by atoms with Crippen molar-refractivity contribution in [1.29, 1.82) is 0 Å². The number of amides is 3. The van der Waals surface area contributed by atoms with Crippen LogP contribution in [-0.2, 0) is 14.4 Å². The molecule has 0 aromatic heterocycles. The van der Waals surface area contributed by atoms with Crippen LogP contribution in [0.25, 0.3) is 0 Å². The maximum absolute atomic E-state index is 13.6. The molecule has 3 saturated heterocycles. The van der Waals surface area contributed by atoms with Crippen LogP contribution in [0.3, 0.4) is 0 Å². The SMILES string of the molecule is CCCC(C)NC(=O)C1N(CCCCCO)C(=O)[C@@H]2[C@H](C(=O)NC)[C@H]3SC12CC3Br. The van der Waals surface area contributed by atoms with E-state index >= 15 is 0 Å². The van der Waals surface area contributed by atoms with E-state index in [0.717, 1.165) is 25.7 Å². The van der Waals surface area contributed by atoms with Crippen LogP contribution < -0.4 is 10.6 Å². The van der Waals surface area contributed by atoms with Gasteiger partial charge in [0, 0.05) is 36.3 Å². The summed E-state index contributed by atoms with van der Waals surface area (Å²) in [5.41, 5.74) is 0. The van der Waals surface area contributed by atoms with Crippen molar-refractivity contribution in [2.75, 3.05) is 20.2 Å². The summed E-state index contributed by atoms with van der Waals surface area (Å²) in [7, 11) is 1.61. The lowest BCUT2D eigenvalue weighted by molar-refractivity contribution is -0.140. The fraction of sp³-hybridized carbons (Fsp3) is 0.857. The van der Waals surface area contributed by atoms with E-state index < -0.39 is 22.6 Å². The first kappa shape index (κ1) is 23.9. The zero-order valence-electron chi connectivity index (χ0n) is 18.0. The first-order valence-electron chi connectivity index (χ1n) is 11.1. The monoisotopic (exact) mass is 503 g/mol. The highest BCUT2D eigenvalue weighted by Gasteiger charge is 2.75. The number of thioether (sulfide) groups is 1. The highest BCUT2D eigenvalue weighted by Crippen LogP contribution is 2.67. The number of aliphatic hydroxyl groups excluding tert-OH is 1. The lowest BCUT2D eigenvalue weighted by Crippen LogP contribution is -2.56. The van der Waals surface area contributed by atoms with Gasteiger partial charge in [-0.05, 0) is 39.0 Å². The van der Waals surface area contributed by atoms with Gasteiger partial charge in [0.2, 0.25) is 17.7 Å².